The number of sulfonamides is 1. The minimum absolute atomic E-state index is 0.0492. The molecule has 7 nitrogen and oxygen atoms in total. The Hall–Kier alpha value is -2.35. The Labute approximate surface area is 140 Å². The SMILES string of the molecule is O=S(=O)(Nc1cnc(C2CC2)nc1)c1cccc2c1OCCCO2. The fourth-order valence-corrected chi connectivity index (χ4v) is 3.72. The third kappa shape index (κ3) is 3.01. The van der Waals surface area contributed by atoms with Crippen LogP contribution < -0.4 is 14.2 Å². The lowest BCUT2D eigenvalue weighted by atomic mass is 10.3. The van der Waals surface area contributed by atoms with Crippen molar-refractivity contribution in [1.29, 1.82) is 0 Å². The maximum atomic E-state index is 12.7. The van der Waals surface area contributed by atoms with Crippen molar-refractivity contribution in [3.63, 3.8) is 0 Å². The van der Waals surface area contributed by atoms with Crippen LogP contribution in [-0.2, 0) is 10.0 Å². The number of anilines is 1. The Morgan fingerprint density at radius 3 is 2.58 bits per heavy atom. The van der Waals surface area contributed by atoms with Crippen LogP contribution in [0.4, 0.5) is 5.69 Å². The molecule has 4 rings (SSSR count). The summed E-state index contributed by atoms with van der Waals surface area (Å²) in [5.74, 6) is 1.88. The molecule has 126 valence electrons. The van der Waals surface area contributed by atoms with E-state index in [1.807, 2.05) is 0 Å². The third-order valence-electron chi connectivity index (χ3n) is 3.89. The highest BCUT2D eigenvalue weighted by molar-refractivity contribution is 7.92. The molecule has 2 aliphatic rings. The zero-order chi connectivity index (χ0) is 16.6. The van der Waals surface area contributed by atoms with Gasteiger partial charge in [-0.05, 0) is 25.0 Å². The van der Waals surface area contributed by atoms with Crippen molar-refractivity contribution in [2.45, 2.75) is 30.1 Å². The molecule has 0 saturated heterocycles. The fourth-order valence-electron chi connectivity index (χ4n) is 2.53. The molecule has 24 heavy (non-hydrogen) atoms. The van der Waals surface area contributed by atoms with Gasteiger partial charge in [-0.25, -0.2) is 18.4 Å². The van der Waals surface area contributed by atoms with Gasteiger partial charge in [0.25, 0.3) is 10.0 Å². The van der Waals surface area contributed by atoms with Gasteiger partial charge >= 0.3 is 0 Å². The normalized spacial score (nSPS) is 17.2. The van der Waals surface area contributed by atoms with Crippen molar-refractivity contribution >= 4 is 15.7 Å². The quantitative estimate of drug-likeness (QED) is 0.913. The molecule has 1 aliphatic heterocycles. The molecule has 2 aromatic rings. The number of hydrogen-bond acceptors (Lipinski definition) is 6. The maximum Gasteiger partial charge on any atom is 0.265 e. The van der Waals surface area contributed by atoms with Gasteiger partial charge in [-0.3, -0.25) is 4.72 Å². The molecule has 0 radical (unpaired) electrons. The predicted molar refractivity (Wildman–Crippen MR) is 86.9 cm³/mol. The summed E-state index contributed by atoms with van der Waals surface area (Å²) >= 11 is 0. The van der Waals surface area contributed by atoms with Crippen molar-refractivity contribution < 1.29 is 17.9 Å². The molecular weight excluding hydrogens is 330 g/mol. The van der Waals surface area contributed by atoms with Crippen LogP contribution in [0.15, 0.2) is 35.5 Å². The van der Waals surface area contributed by atoms with Crippen molar-refractivity contribution in [3.05, 3.63) is 36.4 Å². The number of benzene rings is 1. The summed E-state index contributed by atoms with van der Waals surface area (Å²) in [6.45, 7) is 0.916. The van der Waals surface area contributed by atoms with E-state index in [1.54, 1.807) is 12.1 Å². The van der Waals surface area contributed by atoms with E-state index in [4.69, 9.17) is 9.47 Å². The van der Waals surface area contributed by atoms with Crippen molar-refractivity contribution in [1.82, 2.24) is 9.97 Å². The number of nitrogens with zero attached hydrogens (tertiary/aromatic N) is 2. The molecule has 1 fully saturated rings. The first-order valence-corrected chi connectivity index (χ1v) is 9.35. The molecule has 1 aliphatic carbocycles. The molecule has 0 amide bonds. The molecular formula is C16H17N3O4S. The van der Waals surface area contributed by atoms with Crippen molar-refractivity contribution in [2.75, 3.05) is 17.9 Å². The maximum absolute atomic E-state index is 12.7. The number of ether oxygens (including phenoxy) is 2. The average Bonchev–Trinajstić information content (AvgIpc) is 3.41. The zero-order valence-corrected chi connectivity index (χ0v) is 13.8. The highest BCUT2D eigenvalue weighted by atomic mass is 32.2. The lowest BCUT2D eigenvalue weighted by Crippen LogP contribution is -2.15. The van der Waals surface area contributed by atoms with Gasteiger partial charge in [0, 0.05) is 12.3 Å². The first-order chi connectivity index (χ1) is 11.6. The second-order valence-corrected chi connectivity index (χ2v) is 7.49. The summed E-state index contributed by atoms with van der Waals surface area (Å²) in [5, 5.41) is 0. The Morgan fingerprint density at radius 2 is 1.83 bits per heavy atom. The van der Waals surface area contributed by atoms with Crippen LogP contribution in [0.3, 0.4) is 0 Å². The molecule has 1 saturated carbocycles. The van der Waals surface area contributed by atoms with Gasteiger partial charge in [0.1, 0.15) is 10.7 Å². The summed E-state index contributed by atoms with van der Waals surface area (Å²) in [4.78, 5) is 8.50. The highest BCUT2D eigenvalue weighted by Crippen LogP contribution is 2.38. The van der Waals surface area contributed by atoms with Gasteiger partial charge in [-0.2, -0.15) is 0 Å². The van der Waals surface area contributed by atoms with Gasteiger partial charge in [-0.15, -0.1) is 0 Å². The Bertz CT molecular complexity index is 848. The van der Waals surface area contributed by atoms with Gasteiger partial charge in [0.2, 0.25) is 0 Å². The predicted octanol–water partition coefficient (Wildman–Crippen LogP) is 2.32. The van der Waals surface area contributed by atoms with Crippen LogP contribution in [0, 0.1) is 0 Å². The molecule has 1 aromatic carbocycles. The van der Waals surface area contributed by atoms with Crippen LogP contribution in [-0.4, -0.2) is 31.6 Å². The Morgan fingerprint density at radius 1 is 1.08 bits per heavy atom. The average molecular weight is 347 g/mol. The highest BCUT2D eigenvalue weighted by Gasteiger charge is 2.27. The standard InChI is InChI=1S/C16H17N3O4S/c20-24(21,19-12-9-17-16(18-10-12)11-5-6-11)14-4-1-3-13-15(14)23-8-2-7-22-13/h1,3-4,9-11,19H,2,5-8H2. The van der Waals surface area contributed by atoms with E-state index < -0.39 is 10.0 Å². The van der Waals surface area contributed by atoms with Crippen LogP contribution in [0.2, 0.25) is 0 Å². The summed E-state index contributed by atoms with van der Waals surface area (Å²) < 4.78 is 39.1. The summed E-state index contributed by atoms with van der Waals surface area (Å²) in [7, 11) is -3.82. The number of nitrogens with one attached hydrogen (secondary N) is 1. The van der Waals surface area contributed by atoms with Crippen molar-refractivity contribution in [2.24, 2.45) is 0 Å². The van der Waals surface area contributed by atoms with Crippen LogP contribution in [0.5, 0.6) is 11.5 Å². The summed E-state index contributed by atoms with van der Waals surface area (Å²) in [6, 6.07) is 4.83. The molecule has 1 aromatic heterocycles. The van der Waals surface area contributed by atoms with Crippen LogP contribution in [0.1, 0.15) is 31.0 Å². The molecule has 8 heteroatoms. The molecule has 0 unspecified atom stereocenters. The van der Waals surface area contributed by atoms with Crippen molar-refractivity contribution in [3.8, 4) is 11.5 Å². The summed E-state index contributed by atoms with van der Waals surface area (Å²) in [5.41, 5.74) is 0.326. The smallest absolute Gasteiger partial charge is 0.265 e. The van der Waals surface area contributed by atoms with Gasteiger partial charge < -0.3 is 9.47 Å². The number of rotatable bonds is 4. The van der Waals surface area contributed by atoms with E-state index in [9.17, 15) is 8.42 Å². The monoisotopic (exact) mass is 347 g/mol. The fraction of sp³-hybridized carbons (Fsp3) is 0.375. The van der Waals surface area contributed by atoms with E-state index in [0.717, 1.165) is 18.7 Å². The number of fused-ring (bicyclic) bond motifs is 1. The van der Waals surface area contributed by atoms with E-state index in [1.165, 1.54) is 18.5 Å². The molecule has 0 spiro atoms. The van der Waals surface area contributed by atoms with Gasteiger partial charge in [-0.1, -0.05) is 6.07 Å². The molecule has 0 atom stereocenters. The Balaban J connectivity index is 1.62. The second kappa shape index (κ2) is 5.94. The first-order valence-electron chi connectivity index (χ1n) is 7.87. The number of aromatic nitrogens is 2. The second-order valence-electron chi connectivity index (χ2n) is 5.84. The van der Waals surface area contributed by atoms with Crippen LogP contribution >= 0.6 is 0 Å². The van der Waals surface area contributed by atoms with Gasteiger partial charge in [0.05, 0.1) is 31.3 Å². The molecule has 1 N–H and O–H groups in total. The third-order valence-corrected chi connectivity index (χ3v) is 5.30. The topological polar surface area (TPSA) is 90.4 Å². The summed E-state index contributed by atoms with van der Waals surface area (Å²) in [6.07, 6.45) is 5.89. The number of hydrogen-bond donors (Lipinski definition) is 1. The number of para-hydroxylation sites is 1. The molecule has 0 bridgehead atoms. The van der Waals surface area contributed by atoms with E-state index >= 15 is 0 Å². The largest absolute Gasteiger partial charge is 0.490 e. The minimum atomic E-state index is -3.82. The Kier molecular flexibility index (Phi) is 3.76. The van der Waals surface area contributed by atoms with Gasteiger partial charge in [0.15, 0.2) is 11.5 Å². The lowest BCUT2D eigenvalue weighted by Gasteiger charge is -2.13. The first kappa shape index (κ1) is 15.2. The zero-order valence-electron chi connectivity index (χ0n) is 12.9. The minimum Gasteiger partial charge on any atom is -0.490 e. The van der Waals surface area contributed by atoms with E-state index in [0.29, 0.717) is 37.0 Å². The lowest BCUT2D eigenvalue weighted by molar-refractivity contribution is 0.294. The van der Waals surface area contributed by atoms with Crippen LogP contribution in [0.25, 0.3) is 0 Å². The van der Waals surface area contributed by atoms with E-state index in [-0.39, 0.29) is 10.6 Å². The van der Waals surface area contributed by atoms with E-state index in [2.05, 4.69) is 14.7 Å². The molecule has 2 heterocycles.